The van der Waals surface area contributed by atoms with Gasteiger partial charge in [0.2, 0.25) is 5.89 Å². The first-order valence-electron chi connectivity index (χ1n) is 9.30. The summed E-state index contributed by atoms with van der Waals surface area (Å²) in [4.78, 5) is 4.78. The van der Waals surface area contributed by atoms with Crippen LogP contribution in [0.25, 0.3) is 11.5 Å². The van der Waals surface area contributed by atoms with E-state index < -0.39 is 10.0 Å². The number of hydrogen-bond acceptors (Lipinski definition) is 4. The zero-order valence-electron chi connectivity index (χ0n) is 16.2. The maximum atomic E-state index is 13.4. The van der Waals surface area contributed by atoms with Gasteiger partial charge in [-0.25, -0.2) is 13.4 Å². The van der Waals surface area contributed by atoms with Gasteiger partial charge in [-0.3, -0.25) is 4.31 Å². The average molecular weight is 439 g/mol. The largest absolute Gasteiger partial charge is 0.441 e. The first kappa shape index (κ1) is 20.2. The third kappa shape index (κ3) is 4.10. The third-order valence-corrected chi connectivity index (χ3v) is 6.66. The molecule has 0 amide bonds. The van der Waals surface area contributed by atoms with Crippen molar-refractivity contribution in [2.45, 2.75) is 18.4 Å². The van der Waals surface area contributed by atoms with Gasteiger partial charge in [0.15, 0.2) is 0 Å². The highest BCUT2D eigenvalue weighted by Gasteiger charge is 2.27. The minimum atomic E-state index is -3.80. The second-order valence-electron chi connectivity index (χ2n) is 6.69. The van der Waals surface area contributed by atoms with Gasteiger partial charge < -0.3 is 4.42 Å². The molecule has 0 aliphatic rings. The summed E-state index contributed by atoms with van der Waals surface area (Å²) in [5.74, 6) is 0.948. The van der Waals surface area contributed by atoms with Gasteiger partial charge in [0.1, 0.15) is 11.5 Å². The van der Waals surface area contributed by atoms with Crippen molar-refractivity contribution in [1.82, 2.24) is 4.98 Å². The Hall–Kier alpha value is -3.09. The third-order valence-electron chi connectivity index (χ3n) is 4.63. The van der Waals surface area contributed by atoms with Crippen LogP contribution in [0.2, 0.25) is 5.02 Å². The number of hydrogen-bond donors (Lipinski definition) is 0. The molecule has 0 radical (unpaired) electrons. The van der Waals surface area contributed by atoms with Gasteiger partial charge in [-0.15, -0.1) is 0 Å². The standard InChI is InChI=1S/C23H19ClN2O3S/c1-17-22(25-23(29-17)18-9-8-10-19(24)15-18)16-26(20-11-4-2-5-12-20)30(27,28)21-13-6-3-7-14-21/h2-15H,16H2,1H3. The Morgan fingerprint density at radius 1 is 0.933 bits per heavy atom. The molecule has 0 spiro atoms. The summed E-state index contributed by atoms with van der Waals surface area (Å²) in [6, 6.07) is 24.5. The summed E-state index contributed by atoms with van der Waals surface area (Å²) in [6.07, 6.45) is 0. The number of rotatable bonds is 6. The fourth-order valence-electron chi connectivity index (χ4n) is 3.08. The lowest BCUT2D eigenvalue weighted by Gasteiger charge is -2.24. The van der Waals surface area contributed by atoms with E-state index in [0.29, 0.717) is 28.1 Å². The second-order valence-corrected chi connectivity index (χ2v) is 8.99. The van der Waals surface area contributed by atoms with Gasteiger partial charge in [0.25, 0.3) is 10.0 Å². The molecule has 5 nitrogen and oxygen atoms in total. The number of oxazole rings is 1. The predicted octanol–water partition coefficient (Wildman–Crippen LogP) is 5.70. The number of aryl methyl sites for hydroxylation is 1. The van der Waals surface area contributed by atoms with Crippen LogP contribution in [0.1, 0.15) is 11.5 Å². The van der Waals surface area contributed by atoms with Crippen LogP contribution in [0.5, 0.6) is 0 Å². The Balaban J connectivity index is 1.75. The van der Waals surface area contributed by atoms with E-state index in [1.165, 1.54) is 4.31 Å². The summed E-state index contributed by atoms with van der Waals surface area (Å²) >= 11 is 6.08. The highest BCUT2D eigenvalue weighted by atomic mass is 35.5. The number of benzene rings is 3. The molecule has 0 aliphatic carbocycles. The summed E-state index contributed by atoms with van der Waals surface area (Å²) in [7, 11) is -3.80. The quantitative estimate of drug-likeness (QED) is 0.387. The molecule has 3 aromatic carbocycles. The molecule has 0 saturated carbocycles. The smallest absolute Gasteiger partial charge is 0.264 e. The summed E-state index contributed by atoms with van der Waals surface area (Å²) in [6.45, 7) is 1.81. The molecule has 7 heteroatoms. The van der Waals surface area contributed by atoms with E-state index in [2.05, 4.69) is 4.98 Å². The molecule has 0 atom stereocenters. The predicted molar refractivity (Wildman–Crippen MR) is 118 cm³/mol. The van der Waals surface area contributed by atoms with Crippen LogP contribution in [0.3, 0.4) is 0 Å². The molecular formula is C23H19ClN2O3S. The SMILES string of the molecule is Cc1oc(-c2cccc(Cl)c2)nc1CN(c1ccccc1)S(=O)(=O)c1ccccc1. The van der Waals surface area contributed by atoms with Crippen LogP contribution in [-0.4, -0.2) is 13.4 Å². The lowest BCUT2D eigenvalue weighted by atomic mass is 10.2. The van der Waals surface area contributed by atoms with Gasteiger partial charge in [0, 0.05) is 10.6 Å². The van der Waals surface area contributed by atoms with Gasteiger partial charge in [-0.1, -0.05) is 54.1 Å². The maximum Gasteiger partial charge on any atom is 0.264 e. The van der Waals surface area contributed by atoms with E-state index in [0.717, 1.165) is 5.56 Å². The minimum absolute atomic E-state index is 0.0388. The van der Waals surface area contributed by atoms with Crippen LogP contribution in [0.15, 0.2) is 94.2 Å². The Bertz CT molecular complexity index is 1260. The van der Waals surface area contributed by atoms with Crippen LogP contribution in [0, 0.1) is 6.92 Å². The molecule has 152 valence electrons. The van der Waals surface area contributed by atoms with Crippen molar-refractivity contribution in [3.05, 3.63) is 101 Å². The topological polar surface area (TPSA) is 63.4 Å². The molecule has 1 heterocycles. The van der Waals surface area contributed by atoms with E-state index in [4.69, 9.17) is 16.0 Å². The van der Waals surface area contributed by atoms with E-state index in [9.17, 15) is 8.42 Å². The highest BCUT2D eigenvalue weighted by molar-refractivity contribution is 7.92. The van der Waals surface area contributed by atoms with Gasteiger partial charge in [-0.05, 0) is 49.4 Å². The Kier molecular flexibility index (Phi) is 5.61. The minimum Gasteiger partial charge on any atom is -0.441 e. The maximum absolute atomic E-state index is 13.4. The van der Waals surface area contributed by atoms with Crippen LogP contribution < -0.4 is 4.31 Å². The first-order chi connectivity index (χ1) is 14.4. The molecule has 30 heavy (non-hydrogen) atoms. The molecular weight excluding hydrogens is 420 g/mol. The van der Waals surface area contributed by atoms with E-state index in [1.54, 1.807) is 73.7 Å². The normalized spacial score (nSPS) is 11.4. The van der Waals surface area contributed by atoms with Crippen LogP contribution in [-0.2, 0) is 16.6 Å². The number of para-hydroxylation sites is 1. The molecule has 0 saturated heterocycles. The van der Waals surface area contributed by atoms with Crippen molar-refractivity contribution < 1.29 is 12.8 Å². The van der Waals surface area contributed by atoms with Gasteiger partial charge in [0.05, 0.1) is 17.1 Å². The van der Waals surface area contributed by atoms with Crippen LogP contribution >= 0.6 is 11.6 Å². The molecule has 0 N–H and O–H groups in total. The number of halogens is 1. The monoisotopic (exact) mass is 438 g/mol. The molecule has 0 unspecified atom stereocenters. The van der Waals surface area contributed by atoms with Crippen molar-refractivity contribution in [2.24, 2.45) is 0 Å². The van der Waals surface area contributed by atoms with Crippen molar-refractivity contribution in [2.75, 3.05) is 4.31 Å². The van der Waals surface area contributed by atoms with Crippen molar-refractivity contribution in [1.29, 1.82) is 0 Å². The molecule has 1 aromatic heterocycles. The van der Waals surface area contributed by atoms with E-state index in [-0.39, 0.29) is 11.4 Å². The molecule has 0 aliphatic heterocycles. The van der Waals surface area contributed by atoms with Gasteiger partial charge in [-0.2, -0.15) is 0 Å². The number of sulfonamides is 1. The zero-order valence-corrected chi connectivity index (χ0v) is 17.8. The summed E-state index contributed by atoms with van der Waals surface area (Å²) in [5.41, 5.74) is 1.82. The lowest BCUT2D eigenvalue weighted by molar-refractivity contribution is 0.539. The van der Waals surface area contributed by atoms with Crippen LogP contribution in [0.4, 0.5) is 5.69 Å². The molecule has 0 fully saturated rings. The fourth-order valence-corrected chi connectivity index (χ4v) is 4.72. The number of nitrogens with zero attached hydrogens (tertiary/aromatic N) is 2. The highest BCUT2D eigenvalue weighted by Crippen LogP contribution is 2.29. The second kappa shape index (κ2) is 8.34. The summed E-state index contributed by atoms with van der Waals surface area (Å²) in [5, 5.41) is 0.572. The van der Waals surface area contributed by atoms with E-state index >= 15 is 0 Å². The fraction of sp³-hybridized carbons (Fsp3) is 0.0870. The molecule has 4 rings (SSSR count). The molecule has 0 bridgehead atoms. The van der Waals surface area contributed by atoms with Crippen molar-refractivity contribution in [3.63, 3.8) is 0 Å². The van der Waals surface area contributed by atoms with Crippen molar-refractivity contribution >= 4 is 27.3 Å². The number of aromatic nitrogens is 1. The Morgan fingerprint density at radius 2 is 1.60 bits per heavy atom. The Morgan fingerprint density at radius 3 is 2.27 bits per heavy atom. The number of anilines is 1. The van der Waals surface area contributed by atoms with Crippen molar-refractivity contribution in [3.8, 4) is 11.5 Å². The zero-order chi connectivity index (χ0) is 21.1. The van der Waals surface area contributed by atoms with E-state index in [1.807, 2.05) is 18.2 Å². The lowest BCUT2D eigenvalue weighted by Crippen LogP contribution is -2.31. The molecule has 4 aromatic rings. The van der Waals surface area contributed by atoms with Gasteiger partial charge >= 0.3 is 0 Å². The average Bonchev–Trinajstić information content (AvgIpc) is 3.13. The summed E-state index contributed by atoms with van der Waals surface area (Å²) < 4.78 is 34.0. The Labute approximate surface area is 180 Å². The first-order valence-corrected chi connectivity index (χ1v) is 11.1.